The number of hydrogen-bond donors (Lipinski definition) is 2. The van der Waals surface area contributed by atoms with Crippen molar-refractivity contribution >= 4 is 21.8 Å². The molecule has 0 aliphatic carbocycles. The molecule has 4 heteroatoms. The first-order valence-electron chi connectivity index (χ1n) is 6.33. The van der Waals surface area contributed by atoms with Crippen LogP contribution in [0.25, 0.3) is 33.1 Å². The van der Waals surface area contributed by atoms with E-state index in [0.29, 0.717) is 0 Å². The van der Waals surface area contributed by atoms with Crippen LogP contribution in [0.2, 0.25) is 0 Å². The molecular weight excluding hydrogens is 250 g/mol. The molecular formula is C16H11N3O. The topological polar surface area (TPSA) is 61.8 Å². The minimum absolute atomic E-state index is 0.262. The van der Waals surface area contributed by atoms with Gasteiger partial charge in [-0.25, -0.2) is 0 Å². The summed E-state index contributed by atoms with van der Waals surface area (Å²) in [6, 6.07) is 11.1. The third-order valence-corrected chi connectivity index (χ3v) is 3.44. The minimum Gasteiger partial charge on any atom is -0.508 e. The summed E-state index contributed by atoms with van der Waals surface area (Å²) in [4.78, 5) is 12.0. The molecule has 2 N–H and O–H groups in total. The van der Waals surface area contributed by atoms with Crippen LogP contribution in [0.5, 0.6) is 5.75 Å². The lowest BCUT2D eigenvalue weighted by Crippen LogP contribution is -1.85. The molecule has 0 unspecified atom stereocenters. The highest BCUT2D eigenvalue weighted by atomic mass is 16.3. The zero-order valence-electron chi connectivity index (χ0n) is 10.5. The lowest BCUT2D eigenvalue weighted by atomic mass is 10.1. The molecule has 0 radical (unpaired) electrons. The van der Waals surface area contributed by atoms with Gasteiger partial charge in [0.05, 0.1) is 11.2 Å². The molecule has 0 saturated carbocycles. The van der Waals surface area contributed by atoms with Crippen LogP contribution in [0.4, 0.5) is 0 Å². The molecule has 0 spiro atoms. The Morgan fingerprint density at radius 1 is 1.00 bits per heavy atom. The van der Waals surface area contributed by atoms with E-state index in [1.165, 1.54) is 0 Å². The highest BCUT2D eigenvalue weighted by Gasteiger charge is 2.11. The van der Waals surface area contributed by atoms with Crippen LogP contribution >= 0.6 is 0 Å². The van der Waals surface area contributed by atoms with Crippen LogP contribution in [0.15, 0.2) is 55.0 Å². The van der Waals surface area contributed by atoms with Crippen molar-refractivity contribution in [1.82, 2.24) is 15.0 Å². The van der Waals surface area contributed by atoms with Crippen molar-refractivity contribution in [3.05, 3.63) is 55.0 Å². The smallest absolute Gasteiger partial charge is 0.116 e. The van der Waals surface area contributed by atoms with Gasteiger partial charge in [0.15, 0.2) is 0 Å². The van der Waals surface area contributed by atoms with Crippen LogP contribution in [-0.4, -0.2) is 20.1 Å². The van der Waals surface area contributed by atoms with Gasteiger partial charge in [-0.3, -0.25) is 9.97 Å². The van der Waals surface area contributed by atoms with Crippen LogP contribution in [0, 0.1) is 0 Å². The number of phenols is 1. The Kier molecular flexibility index (Phi) is 2.23. The number of benzene rings is 1. The molecule has 0 aliphatic rings. The van der Waals surface area contributed by atoms with E-state index >= 15 is 0 Å². The van der Waals surface area contributed by atoms with E-state index in [2.05, 4.69) is 15.0 Å². The van der Waals surface area contributed by atoms with Crippen molar-refractivity contribution < 1.29 is 5.11 Å². The predicted molar refractivity (Wildman–Crippen MR) is 78.5 cm³/mol. The van der Waals surface area contributed by atoms with E-state index in [0.717, 1.165) is 33.1 Å². The fourth-order valence-electron chi connectivity index (χ4n) is 2.53. The molecule has 0 bridgehead atoms. The van der Waals surface area contributed by atoms with E-state index in [1.54, 1.807) is 30.7 Å². The first kappa shape index (κ1) is 11.0. The van der Waals surface area contributed by atoms with E-state index in [-0.39, 0.29) is 5.75 Å². The number of phenolic OH excluding ortho intramolecular Hbond substituents is 1. The third kappa shape index (κ3) is 1.55. The number of nitrogens with zero attached hydrogens (tertiary/aromatic N) is 2. The Hall–Kier alpha value is -2.88. The zero-order chi connectivity index (χ0) is 13.5. The van der Waals surface area contributed by atoms with Gasteiger partial charge < -0.3 is 10.1 Å². The van der Waals surface area contributed by atoms with Gasteiger partial charge in [0.2, 0.25) is 0 Å². The standard InChI is InChI=1S/C16H11N3O/c20-11-3-4-14-13(8-11)12-5-7-18-15(16(12)19-14)10-2-1-6-17-9-10/h1-9,19-20H. The Balaban J connectivity index is 2.11. The number of aromatic nitrogens is 3. The first-order valence-corrected chi connectivity index (χ1v) is 6.33. The average molecular weight is 261 g/mol. The number of hydrogen-bond acceptors (Lipinski definition) is 3. The Morgan fingerprint density at radius 3 is 2.80 bits per heavy atom. The number of H-pyrrole nitrogens is 1. The largest absolute Gasteiger partial charge is 0.508 e. The maximum Gasteiger partial charge on any atom is 0.116 e. The molecule has 4 nitrogen and oxygen atoms in total. The number of aromatic hydroxyl groups is 1. The molecule has 4 rings (SSSR count). The molecule has 0 aliphatic heterocycles. The van der Waals surface area contributed by atoms with Crippen molar-refractivity contribution in [2.75, 3.05) is 0 Å². The van der Waals surface area contributed by atoms with Gasteiger partial charge >= 0.3 is 0 Å². The maximum absolute atomic E-state index is 9.65. The van der Waals surface area contributed by atoms with Gasteiger partial charge in [0, 0.05) is 40.4 Å². The van der Waals surface area contributed by atoms with Gasteiger partial charge in [-0.1, -0.05) is 0 Å². The Labute approximate surface area is 114 Å². The van der Waals surface area contributed by atoms with Crippen molar-refractivity contribution in [2.24, 2.45) is 0 Å². The van der Waals surface area contributed by atoms with Gasteiger partial charge in [0.25, 0.3) is 0 Å². The average Bonchev–Trinajstić information content (AvgIpc) is 2.86. The molecule has 3 aromatic heterocycles. The van der Waals surface area contributed by atoms with Gasteiger partial charge in [-0.05, 0) is 36.4 Å². The summed E-state index contributed by atoms with van der Waals surface area (Å²) in [5.74, 6) is 0.262. The molecule has 3 heterocycles. The summed E-state index contributed by atoms with van der Waals surface area (Å²) in [5, 5.41) is 11.7. The number of fused-ring (bicyclic) bond motifs is 3. The molecule has 0 saturated heterocycles. The van der Waals surface area contributed by atoms with E-state index in [4.69, 9.17) is 0 Å². The maximum atomic E-state index is 9.65. The molecule has 0 atom stereocenters. The summed E-state index contributed by atoms with van der Waals surface area (Å²) in [7, 11) is 0. The second kappa shape index (κ2) is 4.06. The highest BCUT2D eigenvalue weighted by molar-refractivity contribution is 6.11. The lowest BCUT2D eigenvalue weighted by Gasteiger charge is -2.01. The molecule has 20 heavy (non-hydrogen) atoms. The number of aromatic amines is 1. The van der Waals surface area contributed by atoms with Gasteiger partial charge in [-0.15, -0.1) is 0 Å². The van der Waals surface area contributed by atoms with Crippen LogP contribution in [0.3, 0.4) is 0 Å². The Bertz CT molecular complexity index is 913. The van der Waals surface area contributed by atoms with Crippen LogP contribution in [0.1, 0.15) is 0 Å². The van der Waals surface area contributed by atoms with Crippen molar-refractivity contribution in [1.29, 1.82) is 0 Å². The van der Waals surface area contributed by atoms with Crippen molar-refractivity contribution in [2.45, 2.75) is 0 Å². The second-order valence-electron chi connectivity index (χ2n) is 4.68. The normalized spacial score (nSPS) is 11.2. The van der Waals surface area contributed by atoms with Crippen molar-refractivity contribution in [3.63, 3.8) is 0 Å². The third-order valence-electron chi connectivity index (χ3n) is 3.44. The molecule has 1 aromatic carbocycles. The number of pyridine rings is 2. The second-order valence-corrected chi connectivity index (χ2v) is 4.68. The molecule has 96 valence electrons. The first-order chi connectivity index (χ1) is 9.83. The monoisotopic (exact) mass is 261 g/mol. The van der Waals surface area contributed by atoms with E-state index in [1.807, 2.05) is 24.3 Å². The predicted octanol–water partition coefficient (Wildman–Crippen LogP) is 3.48. The number of rotatable bonds is 1. The fraction of sp³-hybridized carbons (Fsp3) is 0. The minimum atomic E-state index is 0.262. The van der Waals surface area contributed by atoms with E-state index in [9.17, 15) is 5.11 Å². The molecule has 0 amide bonds. The summed E-state index contributed by atoms with van der Waals surface area (Å²) in [6.07, 6.45) is 5.32. The van der Waals surface area contributed by atoms with Gasteiger partial charge in [0.1, 0.15) is 5.75 Å². The van der Waals surface area contributed by atoms with Crippen LogP contribution < -0.4 is 0 Å². The lowest BCUT2D eigenvalue weighted by molar-refractivity contribution is 0.476. The zero-order valence-corrected chi connectivity index (χ0v) is 10.5. The SMILES string of the molecule is Oc1ccc2[nH]c3c(-c4cccnc4)nccc3c2c1. The summed E-state index contributed by atoms with van der Waals surface area (Å²) in [6.45, 7) is 0. The summed E-state index contributed by atoms with van der Waals surface area (Å²) in [5.41, 5.74) is 3.78. The molecule has 4 aromatic rings. The summed E-state index contributed by atoms with van der Waals surface area (Å²) < 4.78 is 0. The highest BCUT2D eigenvalue weighted by Crippen LogP contribution is 2.32. The van der Waals surface area contributed by atoms with Crippen LogP contribution in [-0.2, 0) is 0 Å². The quantitative estimate of drug-likeness (QED) is 0.551. The fourth-order valence-corrected chi connectivity index (χ4v) is 2.53. The Morgan fingerprint density at radius 2 is 1.95 bits per heavy atom. The summed E-state index contributed by atoms with van der Waals surface area (Å²) >= 11 is 0. The molecule has 0 fully saturated rings. The van der Waals surface area contributed by atoms with Crippen molar-refractivity contribution in [3.8, 4) is 17.0 Å². The van der Waals surface area contributed by atoms with Gasteiger partial charge in [-0.2, -0.15) is 0 Å². The van der Waals surface area contributed by atoms with E-state index < -0.39 is 0 Å². The number of nitrogens with one attached hydrogen (secondary N) is 1.